The molecule has 0 aliphatic heterocycles. The fraction of sp³-hybridized carbons (Fsp3) is 0.318. The molecule has 1 aliphatic carbocycles. The van der Waals surface area contributed by atoms with Crippen molar-refractivity contribution in [2.45, 2.75) is 37.8 Å². The van der Waals surface area contributed by atoms with Crippen molar-refractivity contribution in [1.82, 2.24) is 15.6 Å². The molecule has 0 radical (unpaired) electrons. The van der Waals surface area contributed by atoms with Gasteiger partial charge in [0.05, 0.1) is 13.2 Å². The number of hydrogen-bond donors (Lipinski definition) is 4. The summed E-state index contributed by atoms with van der Waals surface area (Å²) >= 11 is 1.42. The number of hydrogen-bond acceptors (Lipinski definition) is 7. The SMILES string of the molecule is COC(=O)N[C@@H](CC1=CCCC=C1)C(=O)N[C@@H](Cc1ccc(N[SH](=O)=O)cc1)c1nccs1. The predicted molar refractivity (Wildman–Crippen MR) is 127 cm³/mol. The average molecular weight is 491 g/mol. The van der Waals surface area contributed by atoms with Gasteiger partial charge in [0, 0.05) is 23.7 Å². The number of carbonyl (C=O) groups excluding carboxylic acids is 2. The highest BCUT2D eigenvalue weighted by molar-refractivity contribution is 7.73. The van der Waals surface area contributed by atoms with E-state index in [0.717, 1.165) is 29.0 Å². The van der Waals surface area contributed by atoms with Crippen LogP contribution in [0.2, 0.25) is 0 Å². The van der Waals surface area contributed by atoms with E-state index >= 15 is 0 Å². The van der Waals surface area contributed by atoms with E-state index in [1.165, 1.54) is 18.4 Å². The third-order valence-corrected chi connectivity index (χ3v) is 6.32. The first-order valence-electron chi connectivity index (χ1n) is 10.3. The molecule has 3 rings (SSSR count). The van der Waals surface area contributed by atoms with Crippen LogP contribution in [0.3, 0.4) is 0 Å². The Hall–Kier alpha value is -3.18. The molecular formula is C22H26N4O5S2. The van der Waals surface area contributed by atoms with Crippen LogP contribution in [0, 0.1) is 0 Å². The molecule has 33 heavy (non-hydrogen) atoms. The molecule has 2 aromatic rings. The number of benzene rings is 1. The minimum atomic E-state index is -2.74. The molecule has 0 fully saturated rings. The van der Waals surface area contributed by atoms with Gasteiger partial charge in [0.2, 0.25) is 16.8 Å². The smallest absolute Gasteiger partial charge is 0.407 e. The molecule has 9 nitrogen and oxygen atoms in total. The number of alkyl carbamates (subject to hydrolysis) is 1. The molecular weight excluding hydrogens is 464 g/mol. The Labute approximate surface area is 198 Å². The molecule has 1 heterocycles. The maximum absolute atomic E-state index is 13.2. The van der Waals surface area contributed by atoms with E-state index in [0.29, 0.717) is 18.5 Å². The third-order valence-electron chi connectivity index (χ3n) is 4.99. The van der Waals surface area contributed by atoms with Crippen molar-refractivity contribution in [2.75, 3.05) is 11.8 Å². The first-order valence-corrected chi connectivity index (χ1v) is 12.4. The summed E-state index contributed by atoms with van der Waals surface area (Å²) in [5.74, 6) is -0.345. The summed E-state index contributed by atoms with van der Waals surface area (Å²) in [5, 5.41) is 8.18. The molecule has 2 atom stereocenters. The number of ether oxygens (including phenoxy) is 1. The van der Waals surface area contributed by atoms with E-state index in [9.17, 15) is 18.0 Å². The summed E-state index contributed by atoms with van der Waals surface area (Å²) in [4.78, 5) is 29.4. The van der Waals surface area contributed by atoms with Crippen LogP contribution < -0.4 is 15.4 Å². The summed E-state index contributed by atoms with van der Waals surface area (Å²) in [6, 6.07) is 5.65. The lowest BCUT2D eigenvalue weighted by atomic mass is 9.99. The highest BCUT2D eigenvalue weighted by Gasteiger charge is 2.26. The van der Waals surface area contributed by atoms with Crippen LogP contribution >= 0.6 is 11.3 Å². The second-order valence-corrected chi connectivity index (χ2v) is 9.02. The van der Waals surface area contributed by atoms with Crippen molar-refractivity contribution in [1.29, 1.82) is 0 Å². The molecule has 3 N–H and O–H groups in total. The Kier molecular flexibility index (Phi) is 9.02. The van der Waals surface area contributed by atoms with Gasteiger partial charge in [-0.1, -0.05) is 30.4 Å². The fourth-order valence-corrected chi connectivity index (χ4v) is 4.45. The fourth-order valence-electron chi connectivity index (χ4n) is 3.40. The minimum Gasteiger partial charge on any atom is -0.453 e. The second-order valence-electron chi connectivity index (χ2n) is 7.35. The van der Waals surface area contributed by atoms with Gasteiger partial charge in [0.15, 0.2) is 0 Å². The number of thiol groups is 1. The van der Waals surface area contributed by atoms with E-state index < -0.39 is 29.1 Å². The number of thiazole rings is 1. The molecule has 0 bridgehead atoms. The number of nitrogens with zero attached hydrogens (tertiary/aromatic N) is 1. The second kappa shape index (κ2) is 12.2. The summed E-state index contributed by atoms with van der Waals surface area (Å²) in [7, 11) is -1.48. The van der Waals surface area contributed by atoms with Crippen LogP contribution in [-0.2, 0) is 26.8 Å². The van der Waals surface area contributed by atoms with Gasteiger partial charge < -0.3 is 15.4 Å². The quantitative estimate of drug-likeness (QED) is 0.380. The van der Waals surface area contributed by atoms with Gasteiger partial charge in [-0.05, 0) is 42.5 Å². The Morgan fingerprint density at radius 3 is 2.55 bits per heavy atom. The van der Waals surface area contributed by atoms with E-state index in [1.54, 1.807) is 30.5 Å². The Balaban J connectivity index is 1.75. The van der Waals surface area contributed by atoms with E-state index in [1.807, 2.05) is 17.5 Å². The number of rotatable bonds is 10. The molecule has 0 saturated heterocycles. The van der Waals surface area contributed by atoms with Crippen LogP contribution in [0.5, 0.6) is 0 Å². The molecule has 176 valence electrons. The Morgan fingerprint density at radius 1 is 1.15 bits per heavy atom. The molecule has 1 aliphatic rings. The molecule has 0 unspecified atom stereocenters. The largest absolute Gasteiger partial charge is 0.453 e. The van der Waals surface area contributed by atoms with E-state index in [2.05, 4.69) is 26.4 Å². The van der Waals surface area contributed by atoms with Gasteiger partial charge in [-0.15, -0.1) is 11.3 Å². The van der Waals surface area contributed by atoms with Crippen molar-refractivity contribution in [2.24, 2.45) is 0 Å². The zero-order valence-corrected chi connectivity index (χ0v) is 19.7. The first kappa shape index (κ1) is 24.5. The van der Waals surface area contributed by atoms with Crippen LogP contribution in [0.4, 0.5) is 10.5 Å². The average Bonchev–Trinajstić information content (AvgIpc) is 3.34. The van der Waals surface area contributed by atoms with E-state index in [4.69, 9.17) is 4.74 Å². The zero-order valence-electron chi connectivity index (χ0n) is 18.0. The summed E-state index contributed by atoms with van der Waals surface area (Å²) in [6.07, 6.45) is 9.69. The van der Waals surface area contributed by atoms with Crippen molar-refractivity contribution in [3.8, 4) is 0 Å². The number of methoxy groups -OCH3 is 1. The molecule has 11 heteroatoms. The summed E-state index contributed by atoms with van der Waals surface area (Å²) in [6.45, 7) is 0. The maximum Gasteiger partial charge on any atom is 0.407 e. The number of amides is 2. The van der Waals surface area contributed by atoms with Crippen molar-refractivity contribution in [3.05, 3.63) is 70.2 Å². The van der Waals surface area contributed by atoms with Crippen molar-refractivity contribution >= 4 is 39.9 Å². The van der Waals surface area contributed by atoms with Gasteiger partial charge in [-0.3, -0.25) is 9.52 Å². The first-order chi connectivity index (χ1) is 15.9. The Morgan fingerprint density at radius 2 is 1.94 bits per heavy atom. The predicted octanol–water partition coefficient (Wildman–Crippen LogP) is 2.87. The minimum absolute atomic E-state index is 0.343. The monoisotopic (exact) mass is 490 g/mol. The summed E-state index contributed by atoms with van der Waals surface area (Å²) < 4.78 is 28.7. The van der Waals surface area contributed by atoms with Crippen LogP contribution in [0.25, 0.3) is 0 Å². The maximum atomic E-state index is 13.2. The van der Waals surface area contributed by atoms with Crippen molar-refractivity contribution < 1.29 is 22.7 Å². The standard InChI is InChI=1S/C22H26N4O5S2/c1-31-22(28)25-18(13-15-5-3-2-4-6-15)20(27)24-19(21-23-11-12-32-21)14-16-7-9-17(10-8-16)26-33(29)30/h3,5-12,18-19,33H,2,4,13-14H2,1H3,(H,24,27)(H,25,28)(H,26,29,30)/t18-,19-/m0/s1. The summed E-state index contributed by atoms with van der Waals surface area (Å²) in [5.41, 5.74) is 2.32. The number of nitrogens with one attached hydrogen (secondary N) is 3. The van der Waals surface area contributed by atoms with Gasteiger partial charge in [0.1, 0.15) is 11.0 Å². The molecule has 0 saturated carbocycles. The molecule has 2 amide bonds. The normalized spacial score (nSPS) is 14.8. The van der Waals surface area contributed by atoms with Gasteiger partial charge in [0.25, 0.3) is 0 Å². The van der Waals surface area contributed by atoms with Crippen molar-refractivity contribution in [3.63, 3.8) is 0 Å². The van der Waals surface area contributed by atoms with Gasteiger partial charge >= 0.3 is 6.09 Å². The highest BCUT2D eigenvalue weighted by atomic mass is 32.2. The lowest BCUT2D eigenvalue weighted by molar-refractivity contribution is -0.123. The van der Waals surface area contributed by atoms with E-state index in [-0.39, 0.29) is 5.91 Å². The lowest BCUT2D eigenvalue weighted by Crippen LogP contribution is -2.48. The highest BCUT2D eigenvalue weighted by Crippen LogP contribution is 2.23. The third kappa shape index (κ3) is 7.72. The topological polar surface area (TPSA) is 126 Å². The lowest BCUT2D eigenvalue weighted by Gasteiger charge is -2.23. The number of aromatic nitrogens is 1. The molecule has 0 spiro atoms. The van der Waals surface area contributed by atoms with Crippen LogP contribution in [0.1, 0.15) is 35.9 Å². The number of allylic oxidation sites excluding steroid dienone is 3. The number of anilines is 1. The zero-order chi connectivity index (χ0) is 23.6. The van der Waals surface area contributed by atoms with Crippen LogP contribution in [0.15, 0.2) is 59.6 Å². The van der Waals surface area contributed by atoms with Gasteiger partial charge in [-0.2, -0.15) is 0 Å². The number of carbonyl (C=O) groups is 2. The Bertz CT molecular complexity index is 1070. The molecule has 1 aromatic heterocycles. The van der Waals surface area contributed by atoms with Crippen LogP contribution in [-0.4, -0.2) is 38.6 Å². The van der Waals surface area contributed by atoms with Gasteiger partial charge in [-0.25, -0.2) is 18.2 Å². The molecule has 1 aromatic carbocycles.